The highest BCUT2D eigenvalue weighted by atomic mass is 19.1. The van der Waals surface area contributed by atoms with E-state index in [0.29, 0.717) is 36.7 Å². The first-order chi connectivity index (χ1) is 12.2. The molecular formula is C19H23FN4O. The molecule has 6 heteroatoms. The number of hydrogen-bond acceptors (Lipinski definition) is 3. The van der Waals surface area contributed by atoms with Crippen LogP contribution in [-0.4, -0.2) is 27.5 Å². The van der Waals surface area contributed by atoms with Crippen molar-refractivity contribution >= 4 is 5.91 Å². The van der Waals surface area contributed by atoms with Gasteiger partial charge in [-0.3, -0.25) is 4.79 Å². The number of nitrogens with one attached hydrogen (secondary N) is 2. The lowest BCUT2D eigenvalue weighted by atomic mass is 9.89. The first kappa shape index (κ1) is 16.3. The Hall–Kier alpha value is -2.21. The van der Waals surface area contributed by atoms with E-state index in [9.17, 15) is 9.18 Å². The fourth-order valence-electron chi connectivity index (χ4n) is 4.15. The van der Waals surface area contributed by atoms with E-state index in [4.69, 9.17) is 0 Å². The van der Waals surface area contributed by atoms with Crippen LogP contribution in [0.3, 0.4) is 0 Å². The lowest BCUT2D eigenvalue weighted by Gasteiger charge is -2.28. The van der Waals surface area contributed by atoms with Crippen molar-refractivity contribution in [3.8, 4) is 5.69 Å². The molecular weight excluding hydrogens is 319 g/mol. The smallest absolute Gasteiger partial charge is 0.220 e. The topological polar surface area (TPSA) is 59.0 Å². The molecule has 2 saturated heterocycles. The lowest BCUT2D eigenvalue weighted by molar-refractivity contribution is -0.122. The summed E-state index contributed by atoms with van der Waals surface area (Å²) < 4.78 is 15.9. The molecule has 2 unspecified atom stereocenters. The van der Waals surface area contributed by atoms with Crippen LogP contribution >= 0.6 is 0 Å². The molecule has 2 aromatic rings. The van der Waals surface area contributed by atoms with Gasteiger partial charge in [-0.2, -0.15) is 0 Å². The lowest BCUT2D eigenvalue weighted by Crippen LogP contribution is -2.39. The fourth-order valence-corrected chi connectivity index (χ4v) is 4.15. The average Bonchev–Trinajstić information content (AvgIpc) is 3.23. The quantitative estimate of drug-likeness (QED) is 0.878. The molecule has 5 nitrogen and oxygen atoms in total. The summed E-state index contributed by atoms with van der Waals surface area (Å²) in [6.07, 6.45) is 10.1. The molecule has 2 aliphatic rings. The summed E-state index contributed by atoms with van der Waals surface area (Å²) >= 11 is 0. The fraction of sp³-hybridized carbons (Fsp3) is 0.474. The van der Waals surface area contributed by atoms with E-state index in [-0.39, 0.29) is 11.7 Å². The number of amides is 1. The monoisotopic (exact) mass is 342 g/mol. The van der Waals surface area contributed by atoms with Crippen LogP contribution in [0, 0.1) is 11.7 Å². The number of benzene rings is 1. The second-order valence-electron chi connectivity index (χ2n) is 7.21. The van der Waals surface area contributed by atoms with Gasteiger partial charge >= 0.3 is 0 Å². The number of nitrogens with zero attached hydrogens (tertiary/aromatic N) is 2. The summed E-state index contributed by atoms with van der Waals surface area (Å²) in [6.45, 7) is 0.359. The summed E-state index contributed by atoms with van der Waals surface area (Å²) in [4.78, 5) is 16.1. The summed E-state index contributed by atoms with van der Waals surface area (Å²) in [7, 11) is 0. The van der Waals surface area contributed by atoms with Crippen LogP contribution in [0.5, 0.6) is 0 Å². The highest BCUT2D eigenvalue weighted by Crippen LogP contribution is 2.32. The Morgan fingerprint density at radius 1 is 1.32 bits per heavy atom. The molecule has 1 aromatic carbocycles. The maximum atomic E-state index is 14.2. The Balaban J connectivity index is 1.30. The number of carbonyl (C=O) groups is 1. The molecule has 2 aliphatic heterocycles. The normalized spacial score (nSPS) is 25.1. The van der Waals surface area contributed by atoms with Crippen molar-refractivity contribution in [2.24, 2.45) is 5.92 Å². The van der Waals surface area contributed by atoms with Crippen molar-refractivity contribution in [2.75, 3.05) is 0 Å². The zero-order chi connectivity index (χ0) is 17.2. The molecule has 2 N–H and O–H groups in total. The van der Waals surface area contributed by atoms with E-state index in [2.05, 4.69) is 15.6 Å². The number of carbonyl (C=O) groups excluding carboxylic acids is 1. The Morgan fingerprint density at radius 2 is 2.12 bits per heavy atom. The molecule has 25 heavy (non-hydrogen) atoms. The molecule has 0 saturated carbocycles. The Kier molecular flexibility index (Phi) is 4.53. The molecule has 1 amide bonds. The number of piperidine rings is 1. The zero-order valence-electron chi connectivity index (χ0n) is 14.1. The molecule has 0 spiro atoms. The number of halogens is 1. The minimum Gasteiger partial charge on any atom is -0.352 e. The Bertz CT molecular complexity index is 734. The minimum absolute atomic E-state index is 0.0606. The van der Waals surface area contributed by atoms with Crippen molar-refractivity contribution in [2.45, 2.75) is 50.7 Å². The third kappa shape index (κ3) is 3.74. The van der Waals surface area contributed by atoms with Gasteiger partial charge in [-0.1, -0.05) is 6.07 Å². The second-order valence-corrected chi connectivity index (χ2v) is 7.21. The number of imidazole rings is 1. The summed E-state index contributed by atoms with van der Waals surface area (Å²) in [5.41, 5.74) is 1.22. The van der Waals surface area contributed by atoms with Gasteiger partial charge in [0.15, 0.2) is 0 Å². The Morgan fingerprint density at radius 3 is 2.80 bits per heavy atom. The van der Waals surface area contributed by atoms with Crippen LogP contribution in [0.2, 0.25) is 0 Å². The second kappa shape index (κ2) is 6.96. The van der Waals surface area contributed by atoms with Crippen molar-refractivity contribution in [3.63, 3.8) is 0 Å². The molecule has 2 atom stereocenters. The number of aromatic nitrogens is 2. The van der Waals surface area contributed by atoms with Gasteiger partial charge in [0, 0.05) is 37.4 Å². The van der Waals surface area contributed by atoms with Gasteiger partial charge in [-0.25, -0.2) is 9.37 Å². The molecule has 2 fully saturated rings. The van der Waals surface area contributed by atoms with Crippen LogP contribution in [0.4, 0.5) is 4.39 Å². The molecule has 1 aromatic heterocycles. The summed E-state index contributed by atoms with van der Waals surface area (Å²) in [5, 5.41) is 6.53. The first-order valence-corrected chi connectivity index (χ1v) is 8.97. The molecule has 0 radical (unpaired) electrons. The van der Waals surface area contributed by atoms with E-state index in [1.165, 1.54) is 18.9 Å². The van der Waals surface area contributed by atoms with Crippen LogP contribution < -0.4 is 10.6 Å². The van der Waals surface area contributed by atoms with E-state index >= 15 is 0 Å². The van der Waals surface area contributed by atoms with Crippen molar-refractivity contribution in [3.05, 3.63) is 48.3 Å². The van der Waals surface area contributed by atoms with Crippen molar-refractivity contribution in [1.29, 1.82) is 0 Å². The number of hydrogen-bond donors (Lipinski definition) is 2. The molecule has 2 bridgehead atoms. The summed E-state index contributed by atoms with van der Waals surface area (Å²) in [5.74, 6) is 0.212. The van der Waals surface area contributed by atoms with Crippen molar-refractivity contribution < 1.29 is 9.18 Å². The highest BCUT2D eigenvalue weighted by Gasteiger charge is 2.34. The van der Waals surface area contributed by atoms with Crippen LogP contribution in [0.1, 0.15) is 37.7 Å². The maximum Gasteiger partial charge on any atom is 0.220 e. The van der Waals surface area contributed by atoms with E-state index in [1.54, 1.807) is 29.4 Å². The van der Waals surface area contributed by atoms with E-state index in [0.717, 1.165) is 18.4 Å². The number of fused-ring (bicyclic) bond motifs is 2. The van der Waals surface area contributed by atoms with Gasteiger partial charge in [0.25, 0.3) is 0 Å². The van der Waals surface area contributed by atoms with Gasteiger partial charge in [0.2, 0.25) is 5.91 Å². The molecule has 4 rings (SSSR count). The minimum atomic E-state index is -0.320. The average molecular weight is 342 g/mol. The van der Waals surface area contributed by atoms with Gasteiger partial charge in [0.05, 0.1) is 12.0 Å². The van der Waals surface area contributed by atoms with Gasteiger partial charge in [0.1, 0.15) is 5.82 Å². The van der Waals surface area contributed by atoms with Crippen LogP contribution in [-0.2, 0) is 11.3 Å². The van der Waals surface area contributed by atoms with Crippen LogP contribution in [0.15, 0.2) is 36.9 Å². The summed E-state index contributed by atoms with van der Waals surface area (Å²) in [6, 6.07) is 6.22. The first-order valence-electron chi connectivity index (χ1n) is 8.97. The predicted octanol–water partition coefficient (Wildman–Crippen LogP) is 2.55. The van der Waals surface area contributed by atoms with Gasteiger partial charge in [-0.15, -0.1) is 0 Å². The standard InChI is InChI=1S/C19H23FN4O/c20-17-9-13(1-4-18(17)24-6-5-21-12-24)11-22-19(25)10-14-7-15-2-3-16(8-14)23-15/h1,4-6,9,12,14-16,23H,2-3,7-8,10-11H2,(H,22,25). The van der Waals surface area contributed by atoms with Gasteiger partial charge in [-0.05, 0) is 49.3 Å². The Labute approximate surface area is 146 Å². The highest BCUT2D eigenvalue weighted by molar-refractivity contribution is 5.76. The third-order valence-corrected chi connectivity index (χ3v) is 5.33. The number of rotatable bonds is 5. The van der Waals surface area contributed by atoms with Gasteiger partial charge < -0.3 is 15.2 Å². The van der Waals surface area contributed by atoms with E-state index in [1.807, 2.05) is 6.07 Å². The largest absolute Gasteiger partial charge is 0.352 e. The van der Waals surface area contributed by atoms with E-state index < -0.39 is 0 Å². The predicted molar refractivity (Wildman–Crippen MR) is 92.7 cm³/mol. The molecule has 132 valence electrons. The van der Waals surface area contributed by atoms with Crippen molar-refractivity contribution in [1.82, 2.24) is 20.2 Å². The third-order valence-electron chi connectivity index (χ3n) is 5.33. The zero-order valence-corrected chi connectivity index (χ0v) is 14.1. The molecule has 0 aliphatic carbocycles. The SMILES string of the molecule is O=C(CC1CC2CCC(C1)N2)NCc1ccc(-n2ccnc2)c(F)c1. The van der Waals surface area contributed by atoms with Crippen LogP contribution in [0.25, 0.3) is 5.69 Å². The maximum absolute atomic E-state index is 14.2. The molecule has 3 heterocycles.